The van der Waals surface area contributed by atoms with Crippen molar-refractivity contribution in [3.63, 3.8) is 0 Å². The predicted octanol–water partition coefficient (Wildman–Crippen LogP) is 9.53. The lowest BCUT2D eigenvalue weighted by Gasteiger charge is -2.17. The third-order valence-corrected chi connectivity index (χ3v) is 6.64. The van der Waals surface area contributed by atoms with Crippen LogP contribution in [0.5, 0.6) is 0 Å². The Labute approximate surface area is 191 Å². The lowest BCUT2D eigenvalue weighted by atomic mass is 9.87. The van der Waals surface area contributed by atoms with Crippen molar-refractivity contribution < 1.29 is 0 Å². The van der Waals surface area contributed by atoms with Gasteiger partial charge in [-0.05, 0) is 79.7 Å². The van der Waals surface area contributed by atoms with Crippen molar-refractivity contribution >= 4 is 55.5 Å². The number of halogens is 2. The quantitative estimate of drug-likeness (QED) is 0.237. The van der Waals surface area contributed by atoms with Crippen LogP contribution in [0.3, 0.4) is 0 Å². The van der Waals surface area contributed by atoms with Crippen LogP contribution in [0.25, 0.3) is 54.6 Å². The minimum atomic E-state index is 0.648. The van der Waals surface area contributed by atoms with E-state index in [1.165, 1.54) is 49.0 Å². The largest absolute Gasteiger partial charge is 0.0843 e. The van der Waals surface area contributed by atoms with Gasteiger partial charge in [0.1, 0.15) is 0 Å². The second-order valence-electron chi connectivity index (χ2n) is 8.17. The Balaban J connectivity index is 1.71. The molecular weight excluding hydrogens is 419 g/mol. The first-order valence-electron chi connectivity index (χ1n) is 10.3. The summed E-state index contributed by atoms with van der Waals surface area (Å²) in [5, 5.41) is 8.89. The highest BCUT2D eigenvalue weighted by Crippen LogP contribution is 2.42. The van der Waals surface area contributed by atoms with E-state index in [4.69, 9.17) is 23.2 Å². The van der Waals surface area contributed by atoms with Crippen molar-refractivity contribution in [2.24, 2.45) is 0 Å². The summed E-state index contributed by atoms with van der Waals surface area (Å²) < 4.78 is 0. The molecule has 6 aromatic rings. The minimum Gasteiger partial charge on any atom is -0.0843 e. The number of hydrogen-bond donors (Lipinski definition) is 0. The Hall–Kier alpha value is -3.06. The summed E-state index contributed by atoms with van der Waals surface area (Å²) >= 11 is 12.6. The summed E-state index contributed by atoms with van der Waals surface area (Å²) in [5.74, 6) is 0. The number of hydrogen-bond acceptors (Lipinski definition) is 0. The molecule has 0 fully saturated rings. The van der Waals surface area contributed by atoms with Crippen LogP contribution in [-0.4, -0.2) is 0 Å². The third-order valence-electron chi connectivity index (χ3n) is 6.20. The van der Waals surface area contributed by atoms with Crippen molar-refractivity contribution in [1.29, 1.82) is 0 Å². The second-order valence-corrected chi connectivity index (χ2v) is 9.05. The number of rotatable bonds is 2. The highest BCUT2D eigenvalue weighted by molar-refractivity contribution is 6.35. The molecule has 6 aromatic carbocycles. The molecule has 0 unspecified atom stereocenters. The van der Waals surface area contributed by atoms with Crippen LogP contribution in [0, 0.1) is 6.92 Å². The zero-order valence-corrected chi connectivity index (χ0v) is 18.4. The molecule has 0 aliphatic rings. The lowest BCUT2D eigenvalue weighted by molar-refractivity contribution is 1.47. The smallest absolute Gasteiger partial charge is 0.0426 e. The molecule has 0 aliphatic heterocycles. The van der Waals surface area contributed by atoms with Gasteiger partial charge in [0, 0.05) is 10.0 Å². The maximum Gasteiger partial charge on any atom is 0.0426 e. The molecule has 0 atom stereocenters. The molecule has 0 aliphatic carbocycles. The van der Waals surface area contributed by atoms with Gasteiger partial charge >= 0.3 is 0 Å². The minimum absolute atomic E-state index is 0.648. The predicted molar refractivity (Wildman–Crippen MR) is 136 cm³/mol. The monoisotopic (exact) mass is 436 g/mol. The second kappa shape index (κ2) is 6.99. The highest BCUT2D eigenvalue weighted by Gasteiger charge is 2.15. The molecule has 0 heterocycles. The molecular formula is C29H18Cl2. The molecule has 2 heteroatoms. The molecule has 6 rings (SSSR count). The molecule has 0 saturated heterocycles. The van der Waals surface area contributed by atoms with Gasteiger partial charge in [0.05, 0.1) is 0 Å². The van der Waals surface area contributed by atoms with Gasteiger partial charge in [-0.3, -0.25) is 0 Å². The first kappa shape index (κ1) is 18.7. The van der Waals surface area contributed by atoms with E-state index in [0.717, 1.165) is 11.1 Å². The lowest BCUT2D eigenvalue weighted by Crippen LogP contribution is -1.89. The van der Waals surface area contributed by atoms with Crippen LogP contribution in [0.2, 0.25) is 10.0 Å². The van der Waals surface area contributed by atoms with E-state index in [1.807, 2.05) is 12.1 Å². The zero-order valence-electron chi connectivity index (χ0n) is 16.9. The van der Waals surface area contributed by atoms with E-state index < -0.39 is 0 Å². The van der Waals surface area contributed by atoms with Crippen molar-refractivity contribution in [3.05, 3.63) is 107 Å². The fraction of sp³-hybridized carbons (Fsp3) is 0.0345. The van der Waals surface area contributed by atoms with Crippen molar-refractivity contribution in [2.45, 2.75) is 6.92 Å². The molecule has 0 amide bonds. The van der Waals surface area contributed by atoms with Crippen molar-refractivity contribution in [3.8, 4) is 22.3 Å². The van der Waals surface area contributed by atoms with Crippen LogP contribution in [-0.2, 0) is 0 Å². The van der Waals surface area contributed by atoms with Crippen LogP contribution < -0.4 is 0 Å². The van der Waals surface area contributed by atoms with Gasteiger partial charge in [-0.1, -0.05) is 102 Å². The first-order chi connectivity index (χ1) is 15.1. The van der Waals surface area contributed by atoms with Gasteiger partial charge in [-0.15, -0.1) is 0 Å². The van der Waals surface area contributed by atoms with Crippen LogP contribution in [0.4, 0.5) is 0 Å². The summed E-state index contributed by atoms with van der Waals surface area (Å²) in [4.78, 5) is 0. The maximum atomic E-state index is 6.32. The van der Waals surface area contributed by atoms with E-state index in [2.05, 4.69) is 79.7 Å². The number of aryl methyl sites for hydroxylation is 1. The van der Waals surface area contributed by atoms with Gasteiger partial charge in [0.25, 0.3) is 0 Å². The fourth-order valence-electron chi connectivity index (χ4n) is 4.75. The SMILES string of the molecule is Cc1ccc(-c2ccc3ccc4c(-c5cc(Cl)cc(Cl)c5)ccc5ccc2c3c54)cc1. The summed E-state index contributed by atoms with van der Waals surface area (Å²) in [5.41, 5.74) is 5.95. The van der Waals surface area contributed by atoms with Crippen LogP contribution >= 0.6 is 23.2 Å². The number of benzene rings is 6. The summed E-state index contributed by atoms with van der Waals surface area (Å²) in [7, 11) is 0. The summed E-state index contributed by atoms with van der Waals surface area (Å²) in [6.07, 6.45) is 0. The average Bonchev–Trinajstić information content (AvgIpc) is 2.77. The molecule has 0 radical (unpaired) electrons. The third kappa shape index (κ3) is 2.98. The van der Waals surface area contributed by atoms with Gasteiger partial charge in [-0.2, -0.15) is 0 Å². The Morgan fingerprint density at radius 1 is 0.484 bits per heavy atom. The first-order valence-corrected chi connectivity index (χ1v) is 11.1. The molecule has 0 aromatic heterocycles. The molecule has 0 saturated carbocycles. The Kier molecular flexibility index (Phi) is 4.21. The fourth-order valence-corrected chi connectivity index (χ4v) is 5.27. The highest BCUT2D eigenvalue weighted by atomic mass is 35.5. The van der Waals surface area contributed by atoms with Crippen molar-refractivity contribution in [2.75, 3.05) is 0 Å². The Bertz CT molecular complexity index is 1570. The van der Waals surface area contributed by atoms with Crippen LogP contribution in [0.1, 0.15) is 5.56 Å². The Morgan fingerprint density at radius 2 is 0.968 bits per heavy atom. The summed E-state index contributed by atoms with van der Waals surface area (Å²) in [6.45, 7) is 2.12. The van der Waals surface area contributed by atoms with Gasteiger partial charge in [0.15, 0.2) is 0 Å². The van der Waals surface area contributed by atoms with Gasteiger partial charge < -0.3 is 0 Å². The molecule has 0 nitrogen and oxygen atoms in total. The van der Waals surface area contributed by atoms with E-state index in [1.54, 1.807) is 6.07 Å². The van der Waals surface area contributed by atoms with Crippen LogP contribution in [0.15, 0.2) is 91.0 Å². The maximum absolute atomic E-state index is 6.32. The molecule has 0 N–H and O–H groups in total. The van der Waals surface area contributed by atoms with Gasteiger partial charge in [-0.25, -0.2) is 0 Å². The topological polar surface area (TPSA) is 0 Å². The van der Waals surface area contributed by atoms with Crippen molar-refractivity contribution in [1.82, 2.24) is 0 Å². The van der Waals surface area contributed by atoms with E-state index in [-0.39, 0.29) is 0 Å². The van der Waals surface area contributed by atoms with E-state index in [0.29, 0.717) is 10.0 Å². The normalized spacial score (nSPS) is 11.7. The zero-order chi connectivity index (χ0) is 21.1. The van der Waals surface area contributed by atoms with Gasteiger partial charge in [0.2, 0.25) is 0 Å². The molecule has 148 valence electrons. The van der Waals surface area contributed by atoms with E-state index in [9.17, 15) is 0 Å². The summed E-state index contributed by atoms with van der Waals surface area (Å²) in [6, 6.07) is 32.3. The molecule has 0 spiro atoms. The van der Waals surface area contributed by atoms with E-state index >= 15 is 0 Å². The average molecular weight is 437 g/mol. The molecule has 0 bridgehead atoms. The standard InChI is InChI=1S/C29H18Cl2/c1-17-2-4-18(5-3-17)24-10-6-19-9-13-27-25(21-14-22(30)16-23(31)15-21)11-7-20-8-12-26(24)28(19)29(20)27/h2-16H,1H3. The molecule has 31 heavy (non-hydrogen) atoms. The Morgan fingerprint density at radius 3 is 1.52 bits per heavy atom.